The number of nitrogens with zero attached hydrogens (tertiary/aromatic N) is 1. The molecule has 0 atom stereocenters. The molecule has 2 rings (SSSR count). The fourth-order valence-electron chi connectivity index (χ4n) is 1.68. The zero-order valence-electron chi connectivity index (χ0n) is 9.51. The minimum absolute atomic E-state index is 0.0750. The van der Waals surface area contributed by atoms with Crippen molar-refractivity contribution in [3.8, 4) is 11.3 Å². The maximum absolute atomic E-state index is 10.7. The van der Waals surface area contributed by atoms with Crippen molar-refractivity contribution in [1.29, 1.82) is 0 Å². The van der Waals surface area contributed by atoms with Crippen LogP contribution in [0.2, 0.25) is 0 Å². The SMILES string of the molecule is CCc1ccc(-c2nocc2CC(=O)O)cc1. The number of aliphatic carboxylic acids is 1. The standard InChI is InChI=1S/C13H13NO3/c1-2-9-3-5-10(6-4-9)13-11(7-12(15)16)8-17-14-13/h3-6,8H,2,7H2,1H3,(H,15,16). The van der Waals surface area contributed by atoms with Crippen LogP contribution < -0.4 is 0 Å². The average Bonchev–Trinajstić information content (AvgIpc) is 2.76. The van der Waals surface area contributed by atoms with E-state index in [2.05, 4.69) is 12.1 Å². The molecule has 0 aliphatic carbocycles. The first kappa shape index (κ1) is 11.4. The number of hydrogen-bond donors (Lipinski definition) is 1. The predicted molar refractivity (Wildman–Crippen MR) is 62.7 cm³/mol. The summed E-state index contributed by atoms with van der Waals surface area (Å²) in [5.41, 5.74) is 3.32. The quantitative estimate of drug-likeness (QED) is 0.878. The third-order valence-corrected chi connectivity index (χ3v) is 2.62. The topological polar surface area (TPSA) is 63.3 Å². The summed E-state index contributed by atoms with van der Waals surface area (Å²) in [4.78, 5) is 10.7. The number of carboxylic acid groups (broad SMARTS) is 1. The fourth-order valence-corrected chi connectivity index (χ4v) is 1.68. The smallest absolute Gasteiger partial charge is 0.308 e. The van der Waals surface area contributed by atoms with E-state index in [0.29, 0.717) is 11.3 Å². The van der Waals surface area contributed by atoms with Gasteiger partial charge in [-0.3, -0.25) is 4.79 Å². The molecule has 4 heteroatoms. The first-order chi connectivity index (χ1) is 8.20. The van der Waals surface area contributed by atoms with Crippen LogP contribution in [0.1, 0.15) is 18.1 Å². The summed E-state index contributed by atoms with van der Waals surface area (Å²) in [5.74, 6) is -0.889. The van der Waals surface area contributed by atoms with Gasteiger partial charge in [0.2, 0.25) is 0 Å². The second-order valence-electron chi connectivity index (χ2n) is 3.81. The number of carboxylic acids is 1. The molecule has 0 aliphatic heterocycles. The third-order valence-electron chi connectivity index (χ3n) is 2.62. The van der Waals surface area contributed by atoms with Crippen LogP contribution in [-0.4, -0.2) is 16.2 Å². The predicted octanol–water partition coefficient (Wildman–Crippen LogP) is 2.53. The second kappa shape index (κ2) is 4.82. The maximum atomic E-state index is 10.7. The van der Waals surface area contributed by atoms with Crippen LogP contribution in [-0.2, 0) is 17.6 Å². The summed E-state index contributed by atoms with van der Waals surface area (Å²) in [6.07, 6.45) is 2.28. The Morgan fingerprint density at radius 3 is 2.65 bits per heavy atom. The summed E-state index contributed by atoms with van der Waals surface area (Å²) in [6, 6.07) is 7.88. The highest BCUT2D eigenvalue weighted by Crippen LogP contribution is 2.23. The molecule has 0 aliphatic rings. The van der Waals surface area contributed by atoms with Gasteiger partial charge in [0.1, 0.15) is 12.0 Å². The lowest BCUT2D eigenvalue weighted by Crippen LogP contribution is -2.00. The minimum Gasteiger partial charge on any atom is -0.481 e. The Labute approximate surface area is 98.9 Å². The van der Waals surface area contributed by atoms with Crippen LogP contribution in [0, 0.1) is 0 Å². The summed E-state index contributed by atoms with van der Waals surface area (Å²) in [7, 11) is 0. The molecule has 0 fully saturated rings. The highest BCUT2D eigenvalue weighted by Gasteiger charge is 2.12. The van der Waals surface area contributed by atoms with E-state index >= 15 is 0 Å². The molecular weight excluding hydrogens is 218 g/mol. The lowest BCUT2D eigenvalue weighted by molar-refractivity contribution is -0.136. The lowest BCUT2D eigenvalue weighted by atomic mass is 10.0. The van der Waals surface area contributed by atoms with E-state index in [9.17, 15) is 4.79 Å². The van der Waals surface area contributed by atoms with Crippen molar-refractivity contribution in [2.24, 2.45) is 0 Å². The van der Waals surface area contributed by atoms with Crippen molar-refractivity contribution in [1.82, 2.24) is 5.16 Å². The van der Waals surface area contributed by atoms with Gasteiger partial charge in [0.25, 0.3) is 0 Å². The number of aryl methyl sites for hydroxylation is 1. The molecule has 1 aromatic heterocycles. The molecule has 0 saturated heterocycles. The van der Waals surface area contributed by atoms with E-state index in [1.807, 2.05) is 24.3 Å². The van der Waals surface area contributed by atoms with Gasteiger partial charge in [-0.05, 0) is 12.0 Å². The van der Waals surface area contributed by atoms with Crippen LogP contribution in [0.4, 0.5) is 0 Å². The van der Waals surface area contributed by atoms with Crippen molar-refractivity contribution in [2.45, 2.75) is 19.8 Å². The molecule has 0 saturated carbocycles. The molecule has 1 N–H and O–H groups in total. The fraction of sp³-hybridized carbons (Fsp3) is 0.231. The molecule has 0 bridgehead atoms. The largest absolute Gasteiger partial charge is 0.481 e. The number of carbonyl (C=O) groups is 1. The van der Waals surface area contributed by atoms with E-state index in [1.165, 1.54) is 11.8 Å². The normalized spacial score (nSPS) is 10.4. The highest BCUT2D eigenvalue weighted by molar-refractivity contribution is 5.74. The Hall–Kier alpha value is -2.10. The van der Waals surface area contributed by atoms with E-state index < -0.39 is 5.97 Å². The van der Waals surface area contributed by atoms with Crippen LogP contribution in [0.15, 0.2) is 35.1 Å². The van der Waals surface area contributed by atoms with Gasteiger partial charge in [-0.1, -0.05) is 36.3 Å². The molecule has 0 spiro atoms. The molecule has 0 unspecified atom stereocenters. The first-order valence-corrected chi connectivity index (χ1v) is 5.45. The van der Waals surface area contributed by atoms with Crippen LogP contribution in [0.25, 0.3) is 11.3 Å². The summed E-state index contributed by atoms with van der Waals surface area (Å²) in [6.45, 7) is 2.08. The number of rotatable bonds is 4. The molecular formula is C13H13NO3. The van der Waals surface area contributed by atoms with Gasteiger partial charge in [-0.2, -0.15) is 0 Å². The molecule has 17 heavy (non-hydrogen) atoms. The van der Waals surface area contributed by atoms with Gasteiger partial charge in [-0.15, -0.1) is 0 Å². The highest BCUT2D eigenvalue weighted by atomic mass is 16.5. The van der Waals surface area contributed by atoms with Crippen LogP contribution in [0.5, 0.6) is 0 Å². The molecule has 0 amide bonds. The molecule has 1 heterocycles. The average molecular weight is 231 g/mol. The molecule has 4 nitrogen and oxygen atoms in total. The Morgan fingerprint density at radius 2 is 2.06 bits per heavy atom. The van der Waals surface area contributed by atoms with Gasteiger partial charge >= 0.3 is 5.97 Å². The van der Waals surface area contributed by atoms with E-state index in [0.717, 1.165) is 12.0 Å². The number of aromatic nitrogens is 1. The Morgan fingerprint density at radius 1 is 1.35 bits per heavy atom. The van der Waals surface area contributed by atoms with E-state index in [1.54, 1.807) is 0 Å². The minimum atomic E-state index is -0.889. The molecule has 0 radical (unpaired) electrons. The van der Waals surface area contributed by atoms with Crippen LogP contribution in [0.3, 0.4) is 0 Å². The Kier molecular flexibility index (Phi) is 3.23. The lowest BCUT2D eigenvalue weighted by Gasteiger charge is -2.01. The molecule has 2 aromatic rings. The number of hydrogen-bond acceptors (Lipinski definition) is 3. The van der Waals surface area contributed by atoms with Gasteiger partial charge in [0, 0.05) is 11.1 Å². The maximum Gasteiger partial charge on any atom is 0.308 e. The van der Waals surface area contributed by atoms with Crippen molar-refractivity contribution in [3.63, 3.8) is 0 Å². The monoisotopic (exact) mass is 231 g/mol. The zero-order valence-corrected chi connectivity index (χ0v) is 9.51. The van der Waals surface area contributed by atoms with Crippen LogP contribution >= 0.6 is 0 Å². The Balaban J connectivity index is 2.32. The summed E-state index contributed by atoms with van der Waals surface area (Å²) in [5, 5.41) is 12.6. The van der Waals surface area contributed by atoms with Crippen molar-refractivity contribution < 1.29 is 14.4 Å². The van der Waals surface area contributed by atoms with Gasteiger partial charge in [0.05, 0.1) is 6.42 Å². The van der Waals surface area contributed by atoms with Gasteiger partial charge in [0.15, 0.2) is 0 Å². The third kappa shape index (κ3) is 2.53. The zero-order chi connectivity index (χ0) is 12.3. The summed E-state index contributed by atoms with van der Waals surface area (Å²) >= 11 is 0. The summed E-state index contributed by atoms with van der Waals surface area (Å²) < 4.78 is 4.84. The van der Waals surface area contributed by atoms with Crippen molar-refractivity contribution in [2.75, 3.05) is 0 Å². The Bertz CT molecular complexity index is 514. The van der Waals surface area contributed by atoms with Crippen molar-refractivity contribution >= 4 is 5.97 Å². The first-order valence-electron chi connectivity index (χ1n) is 5.45. The van der Waals surface area contributed by atoms with Gasteiger partial charge < -0.3 is 9.63 Å². The van der Waals surface area contributed by atoms with Gasteiger partial charge in [-0.25, -0.2) is 0 Å². The van der Waals surface area contributed by atoms with E-state index in [4.69, 9.17) is 9.63 Å². The van der Waals surface area contributed by atoms with Crippen molar-refractivity contribution in [3.05, 3.63) is 41.7 Å². The van der Waals surface area contributed by atoms with E-state index in [-0.39, 0.29) is 6.42 Å². The molecule has 88 valence electrons. The molecule has 1 aromatic carbocycles. The second-order valence-corrected chi connectivity index (χ2v) is 3.81. The number of benzene rings is 1.